The van der Waals surface area contributed by atoms with E-state index in [0.717, 1.165) is 0 Å². The van der Waals surface area contributed by atoms with Gasteiger partial charge >= 0.3 is 0 Å². The maximum absolute atomic E-state index is 12.4. The van der Waals surface area contributed by atoms with Crippen molar-refractivity contribution in [2.45, 2.75) is 17.3 Å². The molecule has 8 heteroatoms. The van der Waals surface area contributed by atoms with Crippen LogP contribution in [0.15, 0.2) is 52.2 Å². The highest BCUT2D eigenvalue weighted by molar-refractivity contribution is 8.00. The van der Waals surface area contributed by atoms with Gasteiger partial charge in [0.05, 0.1) is 18.6 Å². The Bertz CT molecular complexity index is 861. The first kappa shape index (κ1) is 17.1. The third-order valence-corrected chi connectivity index (χ3v) is 4.70. The topological polar surface area (TPSA) is 82.2 Å². The van der Waals surface area contributed by atoms with Crippen LogP contribution in [0.3, 0.4) is 0 Å². The summed E-state index contributed by atoms with van der Waals surface area (Å²) < 4.78 is 12.3. The molecule has 1 aromatic carbocycles. The smallest absolute Gasteiger partial charge is 0.237 e. The van der Waals surface area contributed by atoms with E-state index in [0.29, 0.717) is 28.2 Å². The average Bonchev–Trinajstić information content (AvgIpc) is 3.25. The van der Waals surface area contributed by atoms with Crippen LogP contribution >= 0.6 is 11.8 Å². The van der Waals surface area contributed by atoms with Gasteiger partial charge < -0.3 is 19.0 Å². The van der Waals surface area contributed by atoms with Crippen LogP contribution in [0.5, 0.6) is 5.75 Å². The number of methoxy groups -OCH3 is 1. The van der Waals surface area contributed by atoms with E-state index in [-0.39, 0.29) is 11.2 Å². The van der Waals surface area contributed by atoms with E-state index >= 15 is 0 Å². The van der Waals surface area contributed by atoms with Crippen molar-refractivity contribution in [1.29, 1.82) is 0 Å². The summed E-state index contributed by atoms with van der Waals surface area (Å²) in [6, 6.07) is 10.8. The first-order chi connectivity index (χ1) is 12.1. The fourth-order valence-electron chi connectivity index (χ4n) is 2.19. The Morgan fingerprint density at radius 3 is 2.88 bits per heavy atom. The highest BCUT2D eigenvalue weighted by atomic mass is 32.2. The minimum atomic E-state index is -0.349. The molecule has 0 radical (unpaired) electrons. The van der Waals surface area contributed by atoms with Crippen LogP contribution in [0.4, 0.5) is 5.69 Å². The normalized spacial score (nSPS) is 12.0. The molecule has 7 nitrogen and oxygen atoms in total. The van der Waals surface area contributed by atoms with Crippen LogP contribution in [-0.4, -0.2) is 33.0 Å². The Balaban J connectivity index is 1.67. The van der Waals surface area contributed by atoms with Gasteiger partial charge in [-0.15, -0.1) is 10.2 Å². The second-order valence-electron chi connectivity index (χ2n) is 5.32. The van der Waals surface area contributed by atoms with Gasteiger partial charge in [0.15, 0.2) is 16.7 Å². The summed E-state index contributed by atoms with van der Waals surface area (Å²) in [7, 11) is 3.43. The fraction of sp³-hybridized carbons (Fsp3) is 0.235. The molecule has 0 spiro atoms. The molecular formula is C17H18N4O3S. The number of thioether (sulfide) groups is 1. The summed E-state index contributed by atoms with van der Waals surface area (Å²) in [5.41, 5.74) is 0.686. The van der Waals surface area contributed by atoms with Gasteiger partial charge in [-0.3, -0.25) is 4.79 Å². The third-order valence-electron chi connectivity index (χ3n) is 3.57. The number of hydrogen-bond donors (Lipinski definition) is 1. The number of anilines is 1. The molecular weight excluding hydrogens is 340 g/mol. The van der Waals surface area contributed by atoms with Crippen molar-refractivity contribution >= 4 is 23.4 Å². The van der Waals surface area contributed by atoms with Gasteiger partial charge in [0.2, 0.25) is 5.91 Å². The number of amides is 1. The Morgan fingerprint density at radius 1 is 1.32 bits per heavy atom. The SMILES string of the molecule is COc1cccc(NC(=O)C(C)Sc2nnc(-c3ccco3)n2C)c1. The minimum absolute atomic E-state index is 0.124. The van der Waals surface area contributed by atoms with Crippen molar-refractivity contribution in [2.24, 2.45) is 7.05 Å². The molecule has 0 bridgehead atoms. The van der Waals surface area contributed by atoms with Crippen molar-refractivity contribution < 1.29 is 13.9 Å². The van der Waals surface area contributed by atoms with Gasteiger partial charge in [0.1, 0.15) is 5.75 Å². The molecule has 1 amide bonds. The van der Waals surface area contributed by atoms with Gasteiger partial charge in [-0.25, -0.2) is 0 Å². The Hall–Kier alpha value is -2.74. The summed E-state index contributed by atoms with van der Waals surface area (Å²) in [5, 5.41) is 11.4. The lowest BCUT2D eigenvalue weighted by Crippen LogP contribution is -2.22. The summed E-state index contributed by atoms with van der Waals surface area (Å²) in [6.07, 6.45) is 1.58. The molecule has 0 saturated heterocycles. The molecule has 2 heterocycles. The minimum Gasteiger partial charge on any atom is -0.497 e. The number of hydrogen-bond acceptors (Lipinski definition) is 6. The Kier molecular flexibility index (Phi) is 5.08. The van der Waals surface area contributed by atoms with E-state index in [2.05, 4.69) is 15.5 Å². The van der Waals surface area contributed by atoms with Crippen LogP contribution in [-0.2, 0) is 11.8 Å². The number of rotatable bonds is 6. The number of furan rings is 1. The predicted molar refractivity (Wildman–Crippen MR) is 95.6 cm³/mol. The molecule has 130 valence electrons. The van der Waals surface area contributed by atoms with Crippen molar-refractivity contribution in [1.82, 2.24) is 14.8 Å². The molecule has 1 atom stereocenters. The monoisotopic (exact) mass is 358 g/mol. The van der Waals surface area contributed by atoms with Gasteiger partial charge in [-0.2, -0.15) is 0 Å². The van der Waals surface area contributed by atoms with E-state index in [1.165, 1.54) is 11.8 Å². The van der Waals surface area contributed by atoms with Crippen LogP contribution in [0.25, 0.3) is 11.6 Å². The quantitative estimate of drug-likeness (QED) is 0.682. The molecule has 25 heavy (non-hydrogen) atoms. The average molecular weight is 358 g/mol. The first-order valence-corrected chi connectivity index (χ1v) is 8.51. The molecule has 0 aliphatic heterocycles. The molecule has 1 N–H and O–H groups in total. The van der Waals surface area contributed by atoms with E-state index < -0.39 is 0 Å². The predicted octanol–water partition coefficient (Wildman–Crippen LogP) is 3.20. The molecule has 0 aliphatic rings. The number of nitrogens with one attached hydrogen (secondary N) is 1. The second-order valence-corrected chi connectivity index (χ2v) is 6.63. The molecule has 3 aromatic rings. The van der Waals surface area contributed by atoms with Gasteiger partial charge in [0.25, 0.3) is 0 Å². The van der Waals surface area contributed by atoms with Gasteiger partial charge in [-0.1, -0.05) is 17.8 Å². The number of benzene rings is 1. The number of aromatic nitrogens is 3. The zero-order valence-electron chi connectivity index (χ0n) is 14.1. The van der Waals surface area contributed by atoms with Crippen molar-refractivity contribution in [3.8, 4) is 17.3 Å². The second kappa shape index (κ2) is 7.43. The highest BCUT2D eigenvalue weighted by Crippen LogP contribution is 2.26. The van der Waals surface area contributed by atoms with E-state index in [9.17, 15) is 4.79 Å². The lowest BCUT2D eigenvalue weighted by Gasteiger charge is -2.12. The number of carbonyl (C=O) groups excluding carboxylic acids is 1. The summed E-state index contributed by atoms with van der Waals surface area (Å²) in [4.78, 5) is 12.4. The molecule has 0 fully saturated rings. The molecule has 1 unspecified atom stereocenters. The first-order valence-electron chi connectivity index (χ1n) is 7.63. The van der Waals surface area contributed by atoms with Crippen molar-refractivity contribution in [3.63, 3.8) is 0 Å². The lowest BCUT2D eigenvalue weighted by molar-refractivity contribution is -0.115. The van der Waals surface area contributed by atoms with Crippen LogP contribution in [0.1, 0.15) is 6.92 Å². The van der Waals surface area contributed by atoms with Crippen LogP contribution in [0, 0.1) is 0 Å². The van der Waals surface area contributed by atoms with E-state index in [1.54, 1.807) is 30.1 Å². The van der Waals surface area contributed by atoms with Gasteiger partial charge in [-0.05, 0) is 31.2 Å². The number of ether oxygens (including phenoxy) is 1. The zero-order valence-corrected chi connectivity index (χ0v) is 14.9. The molecule has 2 aromatic heterocycles. The summed E-state index contributed by atoms with van der Waals surface area (Å²) in [6.45, 7) is 1.82. The summed E-state index contributed by atoms with van der Waals surface area (Å²) >= 11 is 1.33. The number of nitrogens with zero attached hydrogens (tertiary/aromatic N) is 3. The van der Waals surface area contributed by atoms with E-state index in [1.807, 2.05) is 38.2 Å². The molecule has 3 rings (SSSR count). The van der Waals surface area contributed by atoms with E-state index in [4.69, 9.17) is 9.15 Å². The van der Waals surface area contributed by atoms with Crippen LogP contribution < -0.4 is 10.1 Å². The van der Waals surface area contributed by atoms with Crippen molar-refractivity contribution in [3.05, 3.63) is 42.7 Å². The summed E-state index contributed by atoms with van der Waals surface area (Å²) in [5.74, 6) is 1.82. The molecule has 0 aliphatic carbocycles. The largest absolute Gasteiger partial charge is 0.497 e. The van der Waals surface area contributed by atoms with Crippen molar-refractivity contribution in [2.75, 3.05) is 12.4 Å². The fourth-order valence-corrected chi connectivity index (χ4v) is 3.01. The van der Waals surface area contributed by atoms with Gasteiger partial charge in [0, 0.05) is 18.8 Å². The molecule has 0 saturated carbocycles. The lowest BCUT2D eigenvalue weighted by atomic mass is 10.3. The Morgan fingerprint density at radius 2 is 2.16 bits per heavy atom. The number of carbonyl (C=O) groups is 1. The Labute approximate surface area is 149 Å². The zero-order chi connectivity index (χ0) is 17.8. The maximum atomic E-state index is 12.4. The third kappa shape index (κ3) is 3.85. The van der Waals surface area contributed by atoms with Crippen LogP contribution in [0.2, 0.25) is 0 Å². The highest BCUT2D eigenvalue weighted by Gasteiger charge is 2.20. The standard InChI is InChI=1S/C17H18N4O3S/c1-11(16(22)18-12-6-4-7-13(10-12)23-3)25-17-20-19-15(21(17)2)14-8-5-9-24-14/h4-11H,1-3H3,(H,18,22). The maximum Gasteiger partial charge on any atom is 0.237 e.